The molecule has 4 bridgehead atoms. The molecular formula is C22H36NO4. The molecule has 1 atom stereocenters. The predicted octanol–water partition coefficient (Wildman–Crippen LogP) is 3.47. The number of carbonyl (C=O) groups excluding carboxylic acids is 2. The van der Waals surface area contributed by atoms with Gasteiger partial charge < -0.3 is 9.47 Å². The molecule has 1 unspecified atom stereocenters. The minimum absolute atomic E-state index is 0.0972. The van der Waals surface area contributed by atoms with Gasteiger partial charge in [0.2, 0.25) is 0 Å². The van der Waals surface area contributed by atoms with Crippen LogP contribution in [0.1, 0.15) is 58.8 Å². The van der Waals surface area contributed by atoms with Crippen LogP contribution in [0.3, 0.4) is 0 Å². The summed E-state index contributed by atoms with van der Waals surface area (Å²) in [6.07, 6.45) is 8.35. The third-order valence-electron chi connectivity index (χ3n) is 6.89. The van der Waals surface area contributed by atoms with E-state index in [4.69, 9.17) is 9.47 Å². The van der Waals surface area contributed by atoms with Crippen molar-refractivity contribution in [3.05, 3.63) is 6.92 Å². The second kappa shape index (κ2) is 8.93. The van der Waals surface area contributed by atoms with Crippen molar-refractivity contribution < 1.29 is 19.1 Å². The fourth-order valence-electron chi connectivity index (χ4n) is 6.01. The standard InChI is InChI=1S/C22H36NO4/c1-4-23(5-2)13-21(25)27-15-16(3)14-26-20(24)12-22-9-17-6-18(10-22)8-19(7-17)11-22/h16-19H,3-15H2,1-2H3. The van der Waals surface area contributed by atoms with E-state index in [1.807, 2.05) is 18.7 Å². The molecule has 4 rings (SSSR count). The molecule has 5 nitrogen and oxygen atoms in total. The third kappa shape index (κ3) is 5.46. The second-order valence-electron chi connectivity index (χ2n) is 9.29. The third-order valence-corrected chi connectivity index (χ3v) is 6.89. The van der Waals surface area contributed by atoms with Gasteiger partial charge >= 0.3 is 11.9 Å². The van der Waals surface area contributed by atoms with E-state index in [0.717, 1.165) is 30.8 Å². The lowest BCUT2D eigenvalue weighted by molar-refractivity contribution is -0.154. The van der Waals surface area contributed by atoms with Crippen molar-refractivity contribution in [1.29, 1.82) is 0 Å². The highest BCUT2D eigenvalue weighted by Gasteiger charge is 2.51. The number of nitrogens with zero attached hydrogens (tertiary/aromatic N) is 1. The molecule has 4 aliphatic carbocycles. The summed E-state index contributed by atoms with van der Waals surface area (Å²) < 4.78 is 10.8. The lowest BCUT2D eigenvalue weighted by Crippen LogP contribution is -2.47. The largest absolute Gasteiger partial charge is 0.465 e. The Hall–Kier alpha value is -1.10. The summed E-state index contributed by atoms with van der Waals surface area (Å²) >= 11 is 0. The average molecular weight is 379 g/mol. The van der Waals surface area contributed by atoms with Crippen LogP contribution < -0.4 is 0 Å². The smallest absolute Gasteiger partial charge is 0.320 e. The monoisotopic (exact) mass is 378 g/mol. The maximum absolute atomic E-state index is 12.4. The van der Waals surface area contributed by atoms with Crippen LogP contribution >= 0.6 is 0 Å². The Morgan fingerprint density at radius 3 is 1.93 bits per heavy atom. The van der Waals surface area contributed by atoms with Gasteiger partial charge in [-0.3, -0.25) is 14.5 Å². The number of likely N-dealkylation sites (N-methyl/N-ethyl adjacent to an activating group) is 1. The van der Waals surface area contributed by atoms with Gasteiger partial charge in [-0.2, -0.15) is 0 Å². The fraction of sp³-hybridized carbons (Fsp3) is 0.864. The molecule has 153 valence electrons. The first-order valence-corrected chi connectivity index (χ1v) is 10.8. The van der Waals surface area contributed by atoms with E-state index < -0.39 is 0 Å². The Kier molecular flexibility index (Phi) is 6.83. The van der Waals surface area contributed by atoms with Crippen molar-refractivity contribution in [3.63, 3.8) is 0 Å². The number of ether oxygens (including phenoxy) is 2. The SMILES string of the molecule is [CH2]C(COC(=O)CN(CC)CC)COC(=O)CC12CC3CC(CC(C3)C1)C2. The van der Waals surface area contributed by atoms with Gasteiger partial charge in [-0.15, -0.1) is 0 Å². The number of rotatable bonds is 10. The molecule has 0 amide bonds. The highest BCUT2D eigenvalue weighted by Crippen LogP contribution is 2.61. The first-order valence-electron chi connectivity index (χ1n) is 10.8. The van der Waals surface area contributed by atoms with E-state index in [2.05, 4.69) is 6.92 Å². The van der Waals surface area contributed by atoms with Gasteiger partial charge in [-0.25, -0.2) is 0 Å². The van der Waals surface area contributed by atoms with Crippen molar-refractivity contribution >= 4 is 11.9 Å². The molecule has 0 N–H and O–H groups in total. The van der Waals surface area contributed by atoms with Crippen LogP contribution in [0.15, 0.2) is 0 Å². The predicted molar refractivity (Wildman–Crippen MR) is 104 cm³/mol. The number of hydrogen-bond donors (Lipinski definition) is 0. The molecule has 0 aliphatic heterocycles. The normalized spacial score (nSPS) is 32.5. The number of carbonyl (C=O) groups is 2. The van der Waals surface area contributed by atoms with Crippen LogP contribution in [0.5, 0.6) is 0 Å². The van der Waals surface area contributed by atoms with Gasteiger partial charge in [-0.05, 0) is 81.7 Å². The summed E-state index contributed by atoms with van der Waals surface area (Å²) in [7, 11) is 0. The molecule has 27 heavy (non-hydrogen) atoms. The molecule has 0 saturated heterocycles. The Morgan fingerprint density at radius 2 is 1.44 bits per heavy atom. The Labute approximate surface area is 164 Å². The summed E-state index contributed by atoms with van der Waals surface area (Å²) in [6.45, 7) is 10.4. The molecule has 4 aliphatic rings. The van der Waals surface area contributed by atoms with Crippen LogP contribution in [0, 0.1) is 36.0 Å². The maximum atomic E-state index is 12.4. The van der Waals surface area contributed by atoms with Crippen LogP contribution in [-0.4, -0.2) is 49.7 Å². The topological polar surface area (TPSA) is 55.8 Å². The maximum Gasteiger partial charge on any atom is 0.320 e. The Morgan fingerprint density at radius 1 is 0.963 bits per heavy atom. The van der Waals surface area contributed by atoms with E-state index in [-0.39, 0.29) is 36.5 Å². The summed E-state index contributed by atoms with van der Waals surface area (Å²) in [5, 5.41) is 0. The van der Waals surface area contributed by atoms with Crippen molar-refractivity contribution in [3.8, 4) is 0 Å². The van der Waals surface area contributed by atoms with E-state index in [9.17, 15) is 9.59 Å². The molecule has 0 spiro atoms. The molecule has 4 saturated carbocycles. The molecule has 4 fully saturated rings. The first-order chi connectivity index (χ1) is 12.9. The van der Waals surface area contributed by atoms with E-state index >= 15 is 0 Å². The van der Waals surface area contributed by atoms with Crippen LogP contribution in [0.25, 0.3) is 0 Å². The molecule has 0 heterocycles. The second-order valence-corrected chi connectivity index (χ2v) is 9.29. The van der Waals surface area contributed by atoms with Crippen LogP contribution in [0.4, 0.5) is 0 Å². The molecule has 0 aromatic heterocycles. The highest BCUT2D eigenvalue weighted by molar-refractivity contribution is 5.71. The van der Waals surface area contributed by atoms with Crippen molar-refractivity contribution in [2.75, 3.05) is 32.8 Å². The van der Waals surface area contributed by atoms with Crippen molar-refractivity contribution in [1.82, 2.24) is 4.90 Å². The molecular weight excluding hydrogens is 342 g/mol. The zero-order valence-corrected chi connectivity index (χ0v) is 17.1. The summed E-state index contributed by atoms with van der Waals surface area (Å²) in [6, 6.07) is 0. The van der Waals surface area contributed by atoms with Crippen molar-refractivity contribution in [2.45, 2.75) is 58.8 Å². The fourth-order valence-corrected chi connectivity index (χ4v) is 6.01. The van der Waals surface area contributed by atoms with E-state index in [0.29, 0.717) is 13.0 Å². The minimum atomic E-state index is -0.243. The Balaban J connectivity index is 1.35. The van der Waals surface area contributed by atoms with Gasteiger partial charge in [0.1, 0.15) is 0 Å². The van der Waals surface area contributed by atoms with Crippen LogP contribution in [0.2, 0.25) is 0 Å². The van der Waals surface area contributed by atoms with Gasteiger partial charge in [0.25, 0.3) is 0 Å². The minimum Gasteiger partial charge on any atom is -0.465 e. The van der Waals surface area contributed by atoms with Crippen molar-refractivity contribution in [2.24, 2.45) is 29.1 Å². The average Bonchev–Trinajstić information content (AvgIpc) is 2.61. The van der Waals surface area contributed by atoms with Gasteiger partial charge in [0.15, 0.2) is 0 Å². The molecule has 0 aromatic rings. The van der Waals surface area contributed by atoms with E-state index in [1.54, 1.807) is 0 Å². The van der Waals surface area contributed by atoms with E-state index in [1.165, 1.54) is 38.5 Å². The number of esters is 2. The first kappa shape index (κ1) is 20.6. The quantitative estimate of drug-likeness (QED) is 0.545. The summed E-state index contributed by atoms with van der Waals surface area (Å²) in [5.74, 6) is 1.97. The zero-order chi connectivity index (χ0) is 19.4. The highest BCUT2D eigenvalue weighted by atomic mass is 16.5. The van der Waals surface area contributed by atoms with Gasteiger partial charge in [0, 0.05) is 5.92 Å². The van der Waals surface area contributed by atoms with Crippen LogP contribution in [-0.2, 0) is 19.1 Å². The molecule has 1 radical (unpaired) electrons. The lowest BCUT2D eigenvalue weighted by Gasteiger charge is -2.56. The summed E-state index contributed by atoms with van der Waals surface area (Å²) in [5.41, 5.74) is 0.207. The summed E-state index contributed by atoms with van der Waals surface area (Å²) in [4.78, 5) is 26.3. The molecule has 5 heteroatoms. The Bertz CT molecular complexity index is 493. The lowest BCUT2D eigenvalue weighted by atomic mass is 9.49. The zero-order valence-electron chi connectivity index (χ0n) is 17.1. The number of hydrogen-bond acceptors (Lipinski definition) is 5. The molecule has 0 aromatic carbocycles. The van der Waals surface area contributed by atoms with Gasteiger partial charge in [0.05, 0.1) is 26.2 Å². The van der Waals surface area contributed by atoms with Gasteiger partial charge in [-0.1, -0.05) is 13.8 Å².